The fourth-order valence-electron chi connectivity index (χ4n) is 3.84. The Morgan fingerprint density at radius 2 is 1.50 bits per heavy atom. The second kappa shape index (κ2) is 10.2. The molecule has 0 N–H and O–H groups in total. The monoisotopic (exact) mass is 440 g/mol. The van der Waals surface area contributed by atoms with Crippen LogP contribution in [0.25, 0.3) is 0 Å². The third-order valence-electron chi connectivity index (χ3n) is 6.46. The van der Waals surface area contributed by atoms with Crippen LogP contribution in [0.1, 0.15) is 66.7 Å². The number of hydrazine groups is 1. The molecule has 2 atom stereocenters. The average Bonchev–Trinajstić information content (AvgIpc) is 3.19. The number of fused-ring (bicyclic) bond motifs is 2. The third-order valence-corrected chi connectivity index (χ3v) is 11.0. The maximum absolute atomic E-state index is 12.5. The summed E-state index contributed by atoms with van der Waals surface area (Å²) in [6.07, 6.45) is 5.89. The predicted molar refractivity (Wildman–Crippen MR) is 120 cm³/mol. The molecule has 0 aromatic rings. The molecule has 0 aromatic carbocycles. The fourth-order valence-corrected chi connectivity index (χ4v) is 4.93. The first kappa shape index (κ1) is 24.7. The van der Waals surface area contributed by atoms with E-state index < -0.39 is 20.5 Å². The fraction of sp³-hybridized carbons (Fsp3) is 0.818. The molecular formula is C22H40N2O5Si. The lowest BCUT2D eigenvalue weighted by Gasteiger charge is -2.36. The average molecular weight is 441 g/mol. The van der Waals surface area contributed by atoms with E-state index in [1.807, 2.05) is 0 Å². The van der Waals surface area contributed by atoms with Gasteiger partial charge in [0.1, 0.15) is 0 Å². The smallest absolute Gasteiger partial charge is 0.429 e. The van der Waals surface area contributed by atoms with Gasteiger partial charge in [0, 0.05) is 6.61 Å². The van der Waals surface area contributed by atoms with Gasteiger partial charge < -0.3 is 13.9 Å². The summed E-state index contributed by atoms with van der Waals surface area (Å²) in [5.41, 5.74) is 1.14. The van der Waals surface area contributed by atoms with E-state index in [9.17, 15) is 9.59 Å². The van der Waals surface area contributed by atoms with E-state index in [1.54, 1.807) is 13.8 Å². The van der Waals surface area contributed by atoms with Gasteiger partial charge in [-0.15, -0.1) is 0 Å². The van der Waals surface area contributed by atoms with Gasteiger partial charge >= 0.3 is 12.2 Å². The van der Waals surface area contributed by atoms with Crippen LogP contribution in [-0.2, 0) is 13.9 Å². The SMILES string of the molecule is CCOC(=O)N1[C@@H]2CC[C@@H](C2=CCCCCO[Si](C)(C)C(C)(C)C)N1C(=O)OCC. The summed E-state index contributed by atoms with van der Waals surface area (Å²) in [6.45, 7) is 16.2. The van der Waals surface area contributed by atoms with E-state index in [0.29, 0.717) is 0 Å². The highest BCUT2D eigenvalue weighted by Gasteiger charge is 2.53. The number of unbranched alkanes of at least 4 members (excludes halogenated alkanes) is 2. The number of ether oxygens (including phenoxy) is 2. The lowest BCUT2D eigenvalue weighted by atomic mass is 10.1. The summed E-state index contributed by atoms with van der Waals surface area (Å²) < 4.78 is 16.7. The number of nitrogens with zero attached hydrogens (tertiary/aromatic N) is 2. The van der Waals surface area contributed by atoms with Gasteiger partial charge in [-0.25, -0.2) is 19.6 Å². The van der Waals surface area contributed by atoms with Crippen LogP contribution in [0.2, 0.25) is 18.1 Å². The molecule has 2 amide bonds. The number of hydrogen-bond acceptors (Lipinski definition) is 5. The number of carbonyl (C=O) groups is 2. The van der Waals surface area contributed by atoms with Gasteiger partial charge in [-0.3, -0.25) is 0 Å². The van der Waals surface area contributed by atoms with Gasteiger partial charge in [0.2, 0.25) is 0 Å². The number of carbonyl (C=O) groups excluding carboxylic acids is 2. The molecule has 0 radical (unpaired) electrons. The van der Waals surface area contributed by atoms with E-state index in [-0.39, 0.29) is 30.3 Å². The predicted octanol–water partition coefficient (Wildman–Crippen LogP) is 5.48. The van der Waals surface area contributed by atoms with Crippen molar-refractivity contribution in [2.75, 3.05) is 19.8 Å². The summed E-state index contributed by atoms with van der Waals surface area (Å²) in [7, 11) is -1.69. The number of allylic oxidation sites excluding steroid dienone is 1. The molecule has 2 fully saturated rings. The third kappa shape index (κ3) is 5.38. The van der Waals surface area contributed by atoms with Crippen molar-refractivity contribution in [3.63, 3.8) is 0 Å². The number of hydrogen-bond donors (Lipinski definition) is 0. The lowest BCUT2D eigenvalue weighted by Crippen LogP contribution is -2.53. The minimum atomic E-state index is -1.69. The highest BCUT2D eigenvalue weighted by molar-refractivity contribution is 6.74. The van der Waals surface area contributed by atoms with E-state index in [4.69, 9.17) is 13.9 Å². The van der Waals surface area contributed by atoms with Gasteiger partial charge in [0.05, 0.1) is 25.3 Å². The quantitative estimate of drug-likeness (QED) is 0.284. The normalized spacial score (nSPS) is 22.7. The van der Waals surface area contributed by atoms with Crippen molar-refractivity contribution in [1.29, 1.82) is 0 Å². The second-order valence-electron chi connectivity index (χ2n) is 9.50. The molecule has 1 saturated carbocycles. The van der Waals surface area contributed by atoms with Crippen LogP contribution in [0.5, 0.6) is 0 Å². The summed E-state index contributed by atoms with van der Waals surface area (Å²) in [5.74, 6) is 0. The zero-order chi connectivity index (χ0) is 22.5. The Bertz CT molecular complexity index is 610. The van der Waals surface area contributed by atoms with Crippen molar-refractivity contribution < 1.29 is 23.5 Å². The summed E-state index contributed by atoms with van der Waals surface area (Å²) in [4.78, 5) is 25.0. The Kier molecular flexibility index (Phi) is 8.39. The molecule has 0 spiro atoms. The zero-order valence-electron chi connectivity index (χ0n) is 19.8. The molecule has 1 heterocycles. The molecule has 1 saturated heterocycles. The molecule has 1 aliphatic carbocycles. The molecule has 0 aromatic heterocycles. The Hall–Kier alpha value is -1.54. The Morgan fingerprint density at radius 1 is 1.00 bits per heavy atom. The largest absolute Gasteiger partial charge is 0.448 e. The molecule has 172 valence electrons. The van der Waals surface area contributed by atoms with Crippen LogP contribution >= 0.6 is 0 Å². The van der Waals surface area contributed by atoms with Gasteiger partial charge in [-0.2, -0.15) is 0 Å². The van der Waals surface area contributed by atoms with E-state index in [2.05, 4.69) is 39.9 Å². The highest BCUT2D eigenvalue weighted by Crippen LogP contribution is 2.43. The standard InChI is InChI=1S/C22H40N2O5Si/c1-8-27-20(25)23-18-14-15-19(24(23)21(26)28-9-2)17(18)13-11-10-12-16-29-30(6,7)22(3,4)5/h13,18-19H,8-12,14-16H2,1-7H3/t18-,19+. The zero-order valence-corrected chi connectivity index (χ0v) is 20.8. The maximum Gasteiger partial charge on any atom is 0.429 e. The van der Waals surface area contributed by atoms with Gasteiger partial charge in [-0.1, -0.05) is 26.8 Å². The Balaban J connectivity index is 1.96. The molecule has 2 bridgehead atoms. The summed E-state index contributed by atoms with van der Waals surface area (Å²) in [5, 5.41) is 3.15. The molecule has 30 heavy (non-hydrogen) atoms. The van der Waals surface area contributed by atoms with Crippen molar-refractivity contribution in [3.8, 4) is 0 Å². The van der Waals surface area contributed by atoms with Crippen LogP contribution in [0, 0.1) is 0 Å². The van der Waals surface area contributed by atoms with E-state index in [0.717, 1.165) is 44.3 Å². The van der Waals surface area contributed by atoms with E-state index in [1.165, 1.54) is 10.0 Å². The highest BCUT2D eigenvalue weighted by atomic mass is 28.4. The van der Waals surface area contributed by atoms with Gasteiger partial charge in [0.15, 0.2) is 8.32 Å². The lowest BCUT2D eigenvalue weighted by molar-refractivity contribution is -0.0378. The Morgan fingerprint density at radius 3 is 1.93 bits per heavy atom. The Labute approximate surface area is 182 Å². The molecule has 7 nitrogen and oxygen atoms in total. The summed E-state index contributed by atoms with van der Waals surface area (Å²) >= 11 is 0. The van der Waals surface area contributed by atoms with Crippen LogP contribution in [0.3, 0.4) is 0 Å². The minimum absolute atomic E-state index is 0.109. The van der Waals surface area contributed by atoms with Crippen molar-refractivity contribution in [2.45, 2.75) is 96.9 Å². The maximum atomic E-state index is 12.5. The minimum Gasteiger partial charge on any atom is -0.448 e. The van der Waals surface area contributed by atoms with Crippen molar-refractivity contribution in [1.82, 2.24) is 10.0 Å². The van der Waals surface area contributed by atoms with Crippen LogP contribution in [0.4, 0.5) is 9.59 Å². The number of amides is 2. The van der Waals surface area contributed by atoms with Crippen LogP contribution in [0.15, 0.2) is 11.6 Å². The van der Waals surface area contributed by atoms with Crippen LogP contribution in [-0.4, -0.2) is 62.4 Å². The molecule has 1 aliphatic heterocycles. The van der Waals surface area contributed by atoms with Gasteiger partial charge in [0.25, 0.3) is 0 Å². The van der Waals surface area contributed by atoms with E-state index >= 15 is 0 Å². The van der Waals surface area contributed by atoms with Gasteiger partial charge in [-0.05, 0) is 69.7 Å². The first-order valence-electron chi connectivity index (χ1n) is 11.3. The number of rotatable bonds is 8. The first-order valence-corrected chi connectivity index (χ1v) is 14.2. The molecule has 2 rings (SSSR count). The van der Waals surface area contributed by atoms with Crippen LogP contribution < -0.4 is 0 Å². The van der Waals surface area contributed by atoms with Crippen molar-refractivity contribution in [3.05, 3.63) is 11.6 Å². The molecule has 2 aliphatic rings. The topological polar surface area (TPSA) is 68.3 Å². The molecule has 8 heteroatoms. The second-order valence-corrected chi connectivity index (χ2v) is 14.3. The first-order chi connectivity index (χ1) is 14.0. The summed E-state index contributed by atoms with van der Waals surface area (Å²) in [6, 6.07) is -0.219. The van der Waals surface area contributed by atoms with Crippen molar-refractivity contribution >= 4 is 20.5 Å². The molecular weight excluding hydrogens is 400 g/mol. The van der Waals surface area contributed by atoms with Crippen molar-refractivity contribution in [2.24, 2.45) is 0 Å². The molecule has 0 unspecified atom stereocenters.